The molecule has 0 N–H and O–H groups in total. The van der Waals surface area contributed by atoms with E-state index in [9.17, 15) is 0 Å². The predicted molar refractivity (Wildman–Crippen MR) is 152 cm³/mol. The highest BCUT2D eigenvalue weighted by atomic mass is 31.2. The van der Waals surface area contributed by atoms with Gasteiger partial charge in [-0.15, -0.1) is 0 Å². The molecule has 6 rings (SSSR count). The SMILES string of the molecule is COCCOc1ccc(C(C)(c2ccc(OCC3CO3)cc2)P2(=O)Oc3ccccc3-c3ccccc32)cc1. The lowest BCUT2D eigenvalue weighted by Gasteiger charge is -2.41. The fourth-order valence-corrected chi connectivity index (χ4v) is 8.07. The topological polar surface area (TPSA) is 66.5 Å². The van der Waals surface area contributed by atoms with E-state index < -0.39 is 12.5 Å². The molecule has 0 radical (unpaired) electrons. The van der Waals surface area contributed by atoms with Crippen molar-refractivity contribution in [1.29, 1.82) is 0 Å². The molecule has 0 aliphatic carbocycles. The normalized spacial score (nSPS) is 20.6. The van der Waals surface area contributed by atoms with Crippen LogP contribution in [-0.4, -0.2) is 39.6 Å². The van der Waals surface area contributed by atoms with Gasteiger partial charge in [0, 0.05) is 12.7 Å². The Bertz CT molecular complexity index is 1500. The molecule has 6 nitrogen and oxygen atoms in total. The van der Waals surface area contributed by atoms with Gasteiger partial charge in [0.1, 0.15) is 41.7 Å². The molecule has 3 atom stereocenters. The summed E-state index contributed by atoms with van der Waals surface area (Å²) in [6.45, 7) is 4.22. The first-order chi connectivity index (χ1) is 19.0. The molecule has 1 saturated heterocycles. The second-order valence-corrected chi connectivity index (χ2v) is 12.5. The maximum atomic E-state index is 15.5. The molecule has 4 aromatic rings. The average molecular weight is 543 g/mol. The van der Waals surface area contributed by atoms with Crippen LogP contribution in [0.5, 0.6) is 17.2 Å². The Morgan fingerprint density at radius 1 is 0.795 bits per heavy atom. The van der Waals surface area contributed by atoms with Crippen LogP contribution in [0.25, 0.3) is 11.1 Å². The highest BCUT2D eigenvalue weighted by Crippen LogP contribution is 2.69. The van der Waals surface area contributed by atoms with Gasteiger partial charge in [0.05, 0.1) is 18.5 Å². The van der Waals surface area contributed by atoms with Crippen molar-refractivity contribution in [1.82, 2.24) is 0 Å². The van der Waals surface area contributed by atoms with E-state index in [0.717, 1.165) is 40.4 Å². The van der Waals surface area contributed by atoms with Crippen LogP contribution in [0.1, 0.15) is 18.1 Å². The maximum Gasteiger partial charge on any atom is 0.292 e. The number of hydrogen-bond acceptors (Lipinski definition) is 6. The van der Waals surface area contributed by atoms with Crippen LogP contribution < -0.4 is 19.3 Å². The van der Waals surface area contributed by atoms with Crippen molar-refractivity contribution in [3.63, 3.8) is 0 Å². The van der Waals surface area contributed by atoms with E-state index in [1.807, 2.05) is 104 Å². The van der Waals surface area contributed by atoms with Crippen LogP contribution in [0.4, 0.5) is 0 Å². The molecule has 2 aliphatic heterocycles. The molecular formula is C32H31O6P. The molecule has 2 aliphatic rings. The van der Waals surface area contributed by atoms with Crippen molar-refractivity contribution in [3.8, 4) is 28.4 Å². The van der Waals surface area contributed by atoms with Crippen molar-refractivity contribution in [2.75, 3.05) is 33.5 Å². The zero-order valence-corrected chi connectivity index (χ0v) is 22.9. The fourth-order valence-electron chi connectivity index (χ4n) is 5.10. The molecule has 0 spiro atoms. The maximum absolute atomic E-state index is 15.5. The summed E-state index contributed by atoms with van der Waals surface area (Å²) in [7, 11) is -1.96. The number of fused-ring (bicyclic) bond motifs is 3. The largest absolute Gasteiger partial charge is 0.491 e. The Labute approximate surface area is 228 Å². The fraction of sp³-hybridized carbons (Fsp3) is 0.250. The molecule has 3 unspecified atom stereocenters. The first-order valence-corrected chi connectivity index (χ1v) is 14.7. The summed E-state index contributed by atoms with van der Waals surface area (Å²) in [6, 6.07) is 31.2. The van der Waals surface area contributed by atoms with E-state index in [0.29, 0.717) is 30.9 Å². The molecule has 0 aromatic heterocycles. The van der Waals surface area contributed by atoms with Gasteiger partial charge in [-0.25, -0.2) is 0 Å². The average Bonchev–Trinajstić information content (AvgIpc) is 3.81. The third-order valence-corrected chi connectivity index (χ3v) is 10.6. The molecule has 0 amide bonds. The van der Waals surface area contributed by atoms with E-state index in [-0.39, 0.29) is 6.10 Å². The molecule has 4 aromatic carbocycles. The van der Waals surface area contributed by atoms with Gasteiger partial charge < -0.3 is 23.5 Å². The molecule has 1 fully saturated rings. The van der Waals surface area contributed by atoms with E-state index in [1.54, 1.807) is 7.11 Å². The van der Waals surface area contributed by atoms with Crippen LogP contribution in [-0.2, 0) is 19.2 Å². The van der Waals surface area contributed by atoms with E-state index >= 15 is 4.57 Å². The summed E-state index contributed by atoms with van der Waals surface area (Å²) in [5.74, 6) is 2.08. The second kappa shape index (κ2) is 10.5. The van der Waals surface area contributed by atoms with Gasteiger partial charge in [-0.3, -0.25) is 4.57 Å². The Morgan fingerprint density at radius 2 is 1.38 bits per heavy atom. The van der Waals surface area contributed by atoms with Crippen molar-refractivity contribution in [3.05, 3.63) is 108 Å². The zero-order valence-electron chi connectivity index (χ0n) is 22.0. The van der Waals surface area contributed by atoms with Crippen molar-refractivity contribution in [2.24, 2.45) is 0 Å². The first kappa shape index (κ1) is 25.7. The van der Waals surface area contributed by atoms with E-state index in [1.165, 1.54) is 0 Å². The lowest BCUT2D eigenvalue weighted by atomic mass is 9.92. The van der Waals surface area contributed by atoms with Gasteiger partial charge in [0.25, 0.3) is 7.37 Å². The number of benzene rings is 4. The number of epoxide rings is 1. The Morgan fingerprint density at radius 3 is 2.03 bits per heavy atom. The number of ether oxygens (including phenoxy) is 4. The molecule has 7 heteroatoms. The third-order valence-electron chi connectivity index (χ3n) is 7.44. The minimum atomic E-state index is -3.60. The number of methoxy groups -OCH3 is 1. The minimum absolute atomic E-state index is 0.169. The Hall–Kier alpha value is -3.57. The van der Waals surface area contributed by atoms with Crippen LogP contribution in [0, 0.1) is 0 Å². The van der Waals surface area contributed by atoms with Gasteiger partial charge in [-0.2, -0.15) is 0 Å². The zero-order chi connectivity index (χ0) is 26.9. The molecule has 39 heavy (non-hydrogen) atoms. The molecular weight excluding hydrogens is 511 g/mol. The predicted octanol–water partition coefficient (Wildman–Crippen LogP) is 6.42. The quantitative estimate of drug-likeness (QED) is 0.131. The van der Waals surface area contributed by atoms with Crippen LogP contribution in [0.2, 0.25) is 0 Å². The number of para-hydroxylation sites is 1. The van der Waals surface area contributed by atoms with Crippen LogP contribution >= 0.6 is 7.37 Å². The number of rotatable bonds is 10. The summed E-state index contributed by atoms with van der Waals surface area (Å²) in [5, 5.41) is -0.308. The monoisotopic (exact) mass is 542 g/mol. The van der Waals surface area contributed by atoms with Crippen molar-refractivity contribution < 1.29 is 28.0 Å². The summed E-state index contributed by atoms with van der Waals surface area (Å²) in [6.07, 6.45) is 0.169. The Kier molecular flexibility index (Phi) is 6.94. The van der Waals surface area contributed by atoms with Crippen LogP contribution in [0.3, 0.4) is 0 Å². The van der Waals surface area contributed by atoms with Gasteiger partial charge >= 0.3 is 0 Å². The lowest BCUT2D eigenvalue weighted by Crippen LogP contribution is -2.34. The van der Waals surface area contributed by atoms with Crippen LogP contribution in [0.15, 0.2) is 97.1 Å². The molecule has 200 valence electrons. The summed E-state index contributed by atoms with van der Waals surface area (Å²) in [5.41, 5.74) is 3.59. The highest BCUT2D eigenvalue weighted by Gasteiger charge is 2.53. The standard InChI is InChI=1S/C32H31O6P/c1-32(23-11-15-25(16-12-23)35-20-19-34-2,24-13-17-26(18-14-24)36-21-27-22-37-27)39(33)31-10-6-4-8-29(31)28-7-3-5-9-30(28)38-39/h3-18,27H,19-22H2,1-2H3. The van der Waals surface area contributed by atoms with Crippen molar-refractivity contribution in [2.45, 2.75) is 18.2 Å². The smallest absolute Gasteiger partial charge is 0.292 e. The molecule has 0 bridgehead atoms. The second-order valence-electron chi connectivity index (χ2n) is 9.88. The van der Waals surface area contributed by atoms with Gasteiger partial charge in [-0.1, -0.05) is 60.7 Å². The van der Waals surface area contributed by atoms with E-state index in [2.05, 4.69) is 0 Å². The van der Waals surface area contributed by atoms with E-state index in [4.69, 9.17) is 23.5 Å². The summed E-state index contributed by atoms with van der Waals surface area (Å²) in [4.78, 5) is 0. The minimum Gasteiger partial charge on any atom is -0.491 e. The van der Waals surface area contributed by atoms with Gasteiger partial charge in [-0.05, 0) is 60.0 Å². The third kappa shape index (κ3) is 4.74. The van der Waals surface area contributed by atoms with Gasteiger partial charge in [0.15, 0.2) is 0 Å². The Balaban J connectivity index is 1.46. The molecule has 2 heterocycles. The lowest BCUT2D eigenvalue weighted by molar-refractivity contribution is 0.146. The highest BCUT2D eigenvalue weighted by molar-refractivity contribution is 7.69. The summed E-state index contributed by atoms with van der Waals surface area (Å²) < 4.78 is 44.2. The summed E-state index contributed by atoms with van der Waals surface area (Å²) >= 11 is 0. The number of hydrogen-bond donors (Lipinski definition) is 0. The van der Waals surface area contributed by atoms with Crippen molar-refractivity contribution >= 4 is 12.7 Å². The molecule has 0 saturated carbocycles. The first-order valence-electron chi connectivity index (χ1n) is 13.1. The van der Waals surface area contributed by atoms with Gasteiger partial charge in [0.2, 0.25) is 0 Å².